The molecule has 0 saturated carbocycles. The van der Waals surface area contributed by atoms with E-state index < -0.39 is 15.8 Å². The summed E-state index contributed by atoms with van der Waals surface area (Å²) in [5.41, 5.74) is 0. The fourth-order valence-electron chi connectivity index (χ4n) is 3.31. The molecule has 1 N–H and O–H groups in total. The lowest BCUT2D eigenvalue weighted by Gasteiger charge is -2.34. The third kappa shape index (κ3) is 5.19. The number of likely N-dealkylation sites (tertiary alicyclic amines) is 1. The number of carbonyl (C=O) groups is 1. The van der Waals surface area contributed by atoms with Gasteiger partial charge in [-0.3, -0.25) is 4.79 Å². The number of methoxy groups -OCH3 is 1. The van der Waals surface area contributed by atoms with Crippen LogP contribution >= 0.6 is 0 Å². The van der Waals surface area contributed by atoms with Crippen molar-refractivity contribution in [2.75, 3.05) is 39.5 Å². The Morgan fingerprint density at radius 1 is 1.36 bits per heavy atom. The Labute approximate surface area is 150 Å². The summed E-state index contributed by atoms with van der Waals surface area (Å²) in [6, 6.07) is 6.28. The number of amides is 1. The van der Waals surface area contributed by atoms with Crippen molar-refractivity contribution >= 4 is 15.7 Å². The Morgan fingerprint density at radius 3 is 2.64 bits per heavy atom. The second kappa shape index (κ2) is 8.67. The lowest BCUT2D eigenvalue weighted by Crippen LogP contribution is -2.45. The zero-order chi connectivity index (χ0) is 18.4. The van der Waals surface area contributed by atoms with Gasteiger partial charge in [-0.1, -0.05) is 6.92 Å². The Morgan fingerprint density at radius 2 is 2.04 bits per heavy atom. The molecule has 0 aromatic heterocycles. The summed E-state index contributed by atoms with van der Waals surface area (Å²) in [6.45, 7) is 3.99. The summed E-state index contributed by atoms with van der Waals surface area (Å²) in [5.74, 6) is 0.240. The van der Waals surface area contributed by atoms with Crippen LogP contribution in [0.3, 0.4) is 0 Å². The van der Waals surface area contributed by atoms with E-state index in [1.54, 1.807) is 19.1 Å². The van der Waals surface area contributed by atoms with Gasteiger partial charge in [-0.2, -0.15) is 0 Å². The van der Waals surface area contributed by atoms with Crippen molar-refractivity contribution in [2.24, 2.45) is 11.8 Å². The molecule has 2 rings (SSSR count). The minimum Gasteiger partial charge on any atom is -0.497 e. The third-order valence-corrected chi connectivity index (χ3v) is 6.56. The second-order valence-electron chi connectivity index (χ2n) is 6.71. The number of carbonyl (C=O) groups excluding carboxylic acids is 1. The highest BCUT2D eigenvalue weighted by Crippen LogP contribution is 2.21. The molecule has 1 aromatic carbocycles. The van der Waals surface area contributed by atoms with Gasteiger partial charge in [0.1, 0.15) is 5.75 Å². The average molecular weight is 368 g/mol. The number of hydrogen-bond acceptors (Lipinski definition) is 5. The minimum atomic E-state index is -3.51. The molecule has 0 bridgehead atoms. The third-order valence-electron chi connectivity index (χ3n) is 4.63. The van der Waals surface area contributed by atoms with Crippen LogP contribution in [0.1, 0.15) is 19.8 Å². The van der Waals surface area contributed by atoms with E-state index in [1.807, 2.05) is 11.9 Å². The summed E-state index contributed by atoms with van der Waals surface area (Å²) in [6.07, 6.45) is 2.07. The van der Waals surface area contributed by atoms with E-state index in [0.717, 1.165) is 19.4 Å². The van der Waals surface area contributed by atoms with E-state index in [0.29, 0.717) is 24.8 Å². The number of rotatable bonds is 7. The molecule has 1 saturated heterocycles. The van der Waals surface area contributed by atoms with Crippen LogP contribution in [0.2, 0.25) is 0 Å². The molecule has 1 amide bonds. The Kier molecular flexibility index (Phi) is 6.84. The van der Waals surface area contributed by atoms with Crippen LogP contribution in [0.4, 0.5) is 0 Å². The number of sulfone groups is 1. The van der Waals surface area contributed by atoms with E-state index in [2.05, 4.69) is 5.32 Å². The van der Waals surface area contributed by atoms with Crippen molar-refractivity contribution in [3.8, 4) is 5.75 Å². The molecule has 140 valence electrons. The van der Waals surface area contributed by atoms with E-state index in [9.17, 15) is 13.2 Å². The molecule has 0 spiro atoms. The summed E-state index contributed by atoms with van der Waals surface area (Å²) < 4.78 is 30.2. The van der Waals surface area contributed by atoms with Gasteiger partial charge in [-0.25, -0.2) is 8.42 Å². The molecule has 25 heavy (non-hydrogen) atoms. The van der Waals surface area contributed by atoms with Crippen LogP contribution in [-0.4, -0.2) is 58.8 Å². The molecule has 2 unspecified atom stereocenters. The van der Waals surface area contributed by atoms with Gasteiger partial charge in [0, 0.05) is 19.0 Å². The molecule has 1 heterocycles. The standard InChI is InChI=1S/C18H28N2O4S/c1-14(18(21)20-10-4-5-15(12-20)11-19-2)13-25(22,23)17-8-6-16(24-3)7-9-17/h6-9,14-15,19H,4-5,10-13H2,1-3H3. The first-order valence-corrected chi connectivity index (χ1v) is 10.3. The molecular formula is C18H28N2O4S. The van der Waals surface area contributed by atoms with E-state index in [1.165, 1.54) is 19.2 Å². The summed E-state index contributed by atoms with van der Waals surface area (Å²) >= 11 is 0. The molecule has 2 atom stereocenters. The quantitative estimate of drug-likeness (QED) is 0.790. The van der Waals surface area contributed by atoms with Crippen LogP contribution in [0.5, 0.6) is 5.75 Å². The number of ether oxygens (including phenoxy) is 1. The first-order chi connectivity index (χ1) is 11.9. The topological polar surface area (TPSA) is 75.7 Å². The molecule has 0 aliphatic carbocycles. The van der Waals surface area contributed by atoms with Crippen molar-refractivity contribution in [1.82, 2.24) is 10.2 Å². The monoisotopic (exact) mass is 368 g/mol. The second-order valence-corrected chi connectivity index (χ2v) is 8.74. The maximum atomic E-state index is 12.7. The smallest absolute Gasteiger partial charge is 0.226 e. The Balaban J connectivity index is 2.01. The van der Waals surface area contributed by atoms with E-state index in [4.69, 9.17) is 4.74 Å². The van der Waals surface area contributed by atoms with Gasteiger partial charge < -0.3 is 15.0 Å². The zero-order valence-electron chi connectivity index (χ0n) is 15.2. The first kappa shape index (κ1) is 19.7. The first-order valence-electron chi connectivity index (χ1n) is 8.67. The van der Waals surface area contributed by atoms with Crippen LogP contribution in [0.25, 0.3) is 0 Å². The predicted octanol–water partition coefficient (Wildman–Crippen LogP) is 1.56. The molecular weight excluding hydrogens is 340 g/mol. The fraction of sp³-hybridized carbons (Fsp3) is 0.611. The molecule has 1 aromatic rings. The largest absolute Gasteiger partial charge is 0.497 e. The van der Waals surface area contributed by atoms with Gasteiger partial charge in [-0.15, -0.1) is 0 Å². The van der Waals surface area contributed by atoms with E-state index in [-0.39, 0.29) is 16.6 Å². The fourth-order valence-corrected chi connectivity index (χ4v) is 4.86. The van der Waals surface area contributed by atoms with Crippen molar-refractivity contribution < 1.29 is 17.9 Å². The van der Waals surface area contributed by atoms with Gasteiger partial charge in [0.15, 0.2) is 9.84 Å². The van der Waals surface area contributed by atoms with Crippen LogP contribution in [0.15, 0.2) is 29.2 Å². The SMILES string of the molecule is CNCC1CCCN(C(=O)C(C)CS(=O)(=O)c2ccc(OC)cc2)C1. The van der Waals surface area contributed by atoms with Crippen molar-refractivity contribution in [3.63, 3.8) is 0 Å². The molecule has 6 nitrogen and oxygen atoms in total. The maximum Gasteiger partial charge on any atom is 0.226 e. The van der Waals surface area contributed by atoms with E-state index >= 15 is 0 Å². The summed E-state index contributed by atoms with van der Waals surface area (Å²) in [7, 11) is -0.0678. The zero-order valence-corrected chi connectivity index (χ0v) is 16.0. The number of nitrogens with zero attached hydrogens (tertiary/aromatic N) is 1. The van der Waals surface area contributed by atoms with Crippen LogP contribution in [-0.2, 0) is 14.6 Å². The highest BCUT2D eigenvalue weighted by molar-refractivity contribution is 7.91. The maximum absolute atomic E-state index is 12.7. The lowest BCUT2D eigenvalue weighted by atomic mass is 9.97. The molecule has 1 aliphatic heterocycles. The Bertz CT molecular complexity index is 671. The highest BCUT2D eigenvalue weighted by atomic mass is 32.2. The molecule has 1 fully saturated rings. The minimum absolute atomic E-state index is 0.0714. The molecule has 0 radical (unpaired) electrons. The number of benzene rings is 1. The van der Waals surface area contributed by atoms with Crippen molar-refractivity contribution in [2.45, 2.75) is 24.7 Å². The summed E-state index contributed by atoms with van der Waals surface area (Å²) in [5, 5.41) is 3.15. The average Bonchev–Trinajstić information content (AvgIpc) is 2.61. The number of hydrogen-bond donors (Lipinski definition) is 1. The molecule has 1 aliphatic rings. The van der Waals surface area contributed by atoms with Gasteiger partial charge in [0.25, 0.3) is 0 Å². The van der Waals surface area contributed by atoms with Crippen LogP contribution < -0.4 is 10.1 Å². The molecule has 7 heteroatoms. The summed E-state index contributed by atoms with van der Waals surface area (Å²) in [4.78, 5) is 14.7. The lowest BCUT2D eigenvalue weighted by molar-refractivity contribution is -0.136. The van der Waals surface area contributed by atoms with Gasteiger partial charge in [0.05, 0.1) is 17.8 Å². The predicted molar refractivity (Wildman–Crippen MR) is 97.4 cm³/mol. The van der Waals surface area contributed by atoms with Gasteiger partial charge >= 0.3 is 0 Å². The van der Waals surface area contributed by atoms with Crippen molar-refractivity contribution in [3.05, 3.63) is 24.3 Å². The number of nitrogens with one attached hydrogen (secondary N) is 1. The normalized spacial score (nSPS) is 19.5. The van der Waals surface area contributed by atoms with Crippen molar-refractivity contribution in [1.29, 1.82) is 0 Å². The van der Waals surface area contributed by atoms with Gasteiger partial charge in [-0.05, 0) is 56.6 Å². The van der Waals surface area contributed by atoms with Crippen LogP contribution in [0, 0.1) is 11.8 Å². The van der Waals surface area contributed by atoms with Gasteiger partial charge in [0.2, 0.25) is 5.91 Å². The number of piperidine rings is 1. The Hall–Kier alpha value is -1.60. The highest BCUT2D eigenvalue weighted by Gasteiger charge is 2.29.